The monoisotopic (exact) mass is 436 g/mol. The third-order valence-electron chi connectivity index (χ3n) is 4.93. The van der Waals surface area contributed by atoms with E-state index in [2.05, 4.69) is 27.8 Å². The summed E-state index contributed by atoms with van der Waals surface area (Å²) in [5.74, 6) is -0.710. The number of amides is 2. The minimum absolute atomic E-state index is 0.0461. The first kappa shape index (κ1) is 20.7. The van der Waals surface area contributed by atoms with Crippen LogP contribution in [0.3, 0.4) is 0 Å². The van der Waals surface area contributed by atoms with Crippen molar-refractivity contribution in [3.8, 4) is 0 Å². The van der Waals surface area contributed by atoms with Crippen LogP contribution in [-0.2, 0) is 0 Å². The number of nitrogens with one attached hydrogen (secondary N) is 3. The highest BCUT2D eigenvalue weighted by Gasteiger charge is 2.18. The fraction of sp³-hybridized carbons (Fsp3) is 0.174. The Hall–Kier alpha value is -3.52. The van der Waals surface area contributed by atoms with Gasteiger partial charge in [-0.2, -0.15) is 5.10 Å². The van der Waals surface area contributed by atoms with Crippen LogP contribution in [-0.4, -0.2) is 22.0 Å². The molecule has 158 valence electrons. The van der Waals surface area contributed by atoms with Gasteiger partial charge in [-0.1, -0.05) is 19.4 Å². The van der Waals surface area contributed by atoms with Gasteiger partial charge in [0.2, 0.25) is 0 Å². The van der Waals surface area contributed by atoms with Crippen molar-refractivity contribution < 1.29 is 14.0 Å². The second kappa shape index (κ2) is 9.09. The summed E-state index contributed by atoms with van der Waals surface area (Å²) in [4.78, 5) is 26.5. The number of aromatic nitrogens is 2. The molecule has 6 nitrogen and oxygen atoms in total. The third-order valence-corrected chi connectivity index (χ3v) is 5.92. The van der Waals surface area contributed by atoms with Crippen molar-refractivity contribution >= 4 is 39.9 Å². The Morgan fingerprint density at radius 1 is 1.10 bits per heavy atom. The Labute approximate surface area is 182 Å². The van der Waals surface area contributed by atoms with Crippen LogP contribution < -0.4 is 10.6 Å². The zero-order chi connectivity index (χ0) is 21.8. The molecular weight excluding hydrogens is 415 g/mol. The van der Waals surface area contributed by atoms with Crippen molar-refractivity contribution in [3.05, 3.63) is 81.8 Å². The van der Waals surface area contributed by atoms with Gasteiger partial charge in [0.05, 0.1) is 11.6 Å². The average molecular weight is 437 g/mol. The molecule has 2 aromatic heterocycles. The lowest BCUT2D eigenvalue weighted by molar-refractivity contribution is 0.0934. The lowest BCUT2D eigenvalue weighted by Gasteiger charge is -2.17. The number of carbonyl (C=O) groups is 2. The fourth-order valence-corrected chi connectivity index (χ4v) is 4.15. The van der Waals surface area contributed by atoms with Crippen LogP contribution in [0, 0.1) is 5.82 Å². The van der Waals surface area contributed by atoms with Crippen molar-refractivity contribution in [1.82, 2.24) is 15.5 Å². The summed E-state index contributed by atoms with van der Waals surface area (Å²) < 4.78 is 13.1. The van der Waals surface area contributed by atoms with Crippen LogP contribution in [0.5, 0.6) is 0 Å². The number of hydrogen-bond donors (Lipinski definition) is 3. The van der Waals surface area contributed by atoms with Crippen LogP contribution in [0.25, 0.3) is 10.9 Å². The standard InChI is InChI=1S/C23H21FN4O2S/c1-2-4-19(20-5-3-12-31-20)25-23(30)15-8-11-18-17(13-15)21(28-27-18)26-22(29)14-6-9-16(24)10-7-14/h3,5-13,19H,2,4H2,1H3,(H,25,30)(H2,26,27,28,29). The highest BCUT2D eigenvalue weighted by atomic mass is 32.1. The van der Waals surface area contributed by atoms with Gasteiger partial charge in [-0.25, -0.2) is 4.39 Å². The summed E-state index contributed by atoms with van der Waals surface area (Å²) in [6.07, 6.45) is 1.79. The Morgan fingerprint density at radius 2 is 1.87 bits per heavy atom. The van der Waals surface area contributed by atoms with Crippen molar-refractivity contribution in [2.24, 2.45) is 0 Å². The second-order valence-corrected chi connectivity index (χ2v) is 8.10. The smallest absolute Gasteiger partial charge is 0.256 e. The summed E-state index contributed by atoms with van der Waals surface area (Å²) in [6.45, 7) is 2.08. The molecule has 0 bridgehead atoms. The molecule has 0 aliphatic heterocycles. The minimum atomic E-state index is -0.415. The number of rotatable bonds is 7. The first-order chi connectivity index (χ1) is 15.0. The lowest BCUT2D eigenvalue weighted by Crippen LogP contribution is -2.28. The molecule has 0 fully saturated rings. The molecule has 3 N–H and O–H groups in total. The van der Waals surface area contributed by atoms with E-state index >= 15 is 0 Å². The number of thiophene rings is 1. The van der Waals surface area contributed by atoms with E-state index in [9.17, 15) is 14.0 Å². The summed E-state index contributed by atoms with van der Waals surface area (Å²) in [5.41, 5.74) is 1.47. The van der Waals surface area contributed by atoms with Gasteiger partial charge in [0.1, 0.15) is 5.82 Å². The third kappa shape index (κ3) is 4.64. The maximum Gasteiger partial charge on any atom is 0.256 e. The largest absolute Gasteiger partial charge is 0.344 e. The molecule has 2 amide bonds. The Bertz CT molecular complexity index is 1200. The van der Waals surface area contributed by atoms with Crippen molar-refractivity contribution in [3.63, 3.8) is 0 Å². The molecule has 0 spiro atoms. The Balaban J connectivity index is 1.55. The Morgan fingerprint density at radius 3 is 2.58 bits per heavy atom. The van der Waals surface area contributed by atoms with E-state index in [-0.39, 0.29) is 11.9 Å². The first-order valence-corrected chi connectivity index (χ1v) is 10.8. The first-order valence-electron chi connectivity index (χ1n) is 9.94. The molecule has 1 atom stereocenters. The van der Waals surface area contributed by atoms with Gasteiger partial charge in [-0.15, -0.1) is 11.3 Å². The lowest BCUT2D eigenvalue weighted by atomic mass is 10.1. The zero-order valence-electron chi connectivity index (χ0n) is 16.8. The van der Waals surface area contributed by atoms with E-state index in [0.29, 0.717) is 27.8 Å². The highest BCUT2D eigenvalue weighted by Crippen LogP contribution is 2.26. The van der Waals surface area contributed by atoms with Crippen molar-refractivity contribution in [1.29, 1.82) is 0 Å². The SMILES string of the molecule is CCCC(NC(=O)c1ccc2[nH]nc(NC(=O)c3ccc(F)cc3)c2c1)c1cccs1. The Kier molecular flexibility index (Phi) is 6.08. The molecule has 8 heteroatoms. The second-order valence-electron chi connectivity index (χ2n) is 7.12. The number of anilines is 1. The van der Waals surface area contributed by atoms with E-state index in [1.807, 2.05) is 17.5 Å². The average Bonchev–Trinajstić information content (AvgIpc) is 3.44. The molecule has 0 radical (unpaired) electrons. The van der Waals surface area contributed by atoms with E-state index in [1.54, 1.807) is 29.5 Å². The van der Waals surface area contributed by atoms with Crippen LogP contribution in [0.4, 0.5) is 10.2 Å². The number of halogens is 1. The normalized spacial score (nSPS) is 11.9. The molecule has 4 rings (SSSR count). The number of carbonyl (C=O) groups excluding carboxylic acids is 2. The fourth-order valence-electron chi connectivity index (χ4n) is 3.34. The van der Waals surface area contributed by atoms with Gasteiger partial charge in [0.25, 0.3) is 11.8 Å². The summed E-state index contributed by atoms with van der Waals surface area (Å²) in [7, 11) is 0. The van der Waals surface area contributed by atoms with E-state index in [0.717, 1.165) is 17.7 Å². The molecule has 31 heavy (non-hydrogen) atoms. The minimum Gasteiger partial charge on any atom is -0.344 e. The molecule has 2 aromatic carbocycles. The van der Waals surface area contributed by atoms with Gasteiger partial charge in [-0.3, -0.25) is 14.7 Å². The predicted octanol–water partition coefficient (Wildman–Crippen LogP) is 5.29. The molecule has 2 heterocycles. The van der Waals surface area contributed by atoms with Crippen molar-refractivity contribution in [2.45, 2.75) is 25.8 Å². The molecule has 0 aliphatic carbocycles. The van der Waals surface area contributed by atoms with Gasteiger partial charge < -0.3 is 10.6 Å². The number of aromatic amines is 1. The van der Waals surface area contributed by atoms with Crippen LogP contribution in [0.2, 0.25) is 0 Å². The summed E-state index contributed by atoms with van der Waals surface area (Å²) >= 11 is 1.62. The zero-order valence-corrected chi connectivity index (χ0v) is 17.6. The quantitative estimate of drug-likeness (QED) is 0.368. The van der Waals surface area contributed by atoms with E-state index in [1.165, 1.54) is 24.3 Å². The number of benzene rings is 2. The summed E-state index contributed by atoms with van der Waals surface area (Å²) in [5, 5.41) is 15.4. The number of hydrogen-bond acceptors (Lipinski definition) is 4. The van der Waals surface area contributed by atoms with Gasteiger partial charge in [0.15, 0.2) is 5.82 Å². The predicted molar refractivity (Wildman–Crippen MR) is 120 cm³/mol. The van der Waals surface area contributed by atoms with Crippen LogP contribution >= 0.6 is 11.3 Å². The topological polar surface area (TPSA) is 86.9 Å². The van der Waals surface area contributed by atoms with Gasteiger partial charge in [-0.05, 0) is 60.3 Å². The number of H-pyrrole nitrogens is 1. The van der Waals surface area contributed by atoms with Crippen LogP contribution in [0.15, 0.2) is 60.0 Å². The molecule has 0 aliphatic rings. The molecule has 1 unspecified atom stereocenters. The molecule has 4 aromatic rings. The number of fused-ring (bicyclic) bond motifs is 1. The molecule has 0 saturated heterocycles. The van der Waals surface area contributed by atoms with Gasteiger partial charge >= 0.3 is 0 Å². The van der Waals surface area contributed by atoms with E-state index < -0.39 is 11.7 Å². The van der Waals surface area contributed by atoms with Crippen LogP contribution in [0.1, 0.15) is 51.4 Å². The van der Waals surface area contributed by atoms with E-state index in [4.69, 9.17) is 0 Å². The summed E-state index contributed by atoms with van der Waals surface area (Å²) in [6, 6.07) is 14.4. The molecule has 0 saturated carbocycles. The molecular formula is C23H21FN4O2S. The van der Waals surface area contributed by atoms with Gasteiger partial charge in [0, 0.05) is 21.4 Å². The maximum absolute atomic E-state index is 13.1. The van der Waals surface area contributed by atoms with Crippen molar-refractivity contribution in [2.75, 3.05) is 5.32 Å². The maximum atomic E-state index is 13.1. The highest BCUT2D eigenvalue weighted by molar-refractivity contribution is 7.10. The number of nitrogens with zero attached hydrogens (tertiary/aromatic N) is 1.